The molecule has 22 heavy (non-hydrogen) atoms. The Morgan fingerprint density at radius 1 is 1.27 bits per heavy atom. The van der Waals surface area contributed by atoms with Gasteiger partial charge in [0.15, 0.2) is 0 Å². The fourth-order valence-electron chi connectivity index (χ4n) is 2.31. The van der Waals surface area contributed by atoms with Gasteiger partial charge in [-0.15, -0.1) is 5.48 Å². The molecule has 118 valence electrons. The van der Waals surface area contributed by atoms with Crippen LogP contribution in [0.5, 0.6) is 0 Å². The molecular weight excluding hydrogens is 290 g/mol. The van der Waals surface area contributed by atoms with E-state index in [1.54, 1.807) is 4.90 Å². The number of likely N-dealkylation sites (tertiary alicyclic amines) is 1. The van der Waals surface area contributed by atoms with Crippen molar-refractivity contribution in [2.75, 3.05) is 13.1 Å². The number of nitrogens with zero attached hydrogens (tertiary/aromatic N) is 2. The van der Waals surface area contributed by atoms with Crippen molar-refractivity contribution in [1.29, 1.82) is 0 Å². The number of non-ortho nitro benzene ring substituents is 1. The number of nitro benzene ring substituents is 1. The quantitative estimate of drug-likeness (QED) is 0.650. The highest BCUT2D eigenvalue weighted by atomic mass is 16.7. The first-order chi connectivity index (χ1) is 10.5. The van der Waals surface area contributed by atoms with Crippen molar-refractivity contribution in [3.8, 4) is 0 Å². The Labute approximate surface area is 127 Å². The lowest BCUT2D eigenvalue weighted by atomic mass is 10.1. The second-order valence-corrected chi connectivity index (χ2v) is 5.03. The fourth-order valence-corrected chi connectivity index (χ4v) is 2.31. The van der Waals surface area contributed by atoms with Crippen LogP contribution in [0.15, 0.2) is 24.3 Å². The molecule has 1 N–H and O–H groups in total. The summed E-state index contributed by atoms with van der Waals surface area (Å²) in [6, 6.07) is 4.72. The molecule has 0 spiro atoms. The number of hydroxylamine groups is 1. The number of hydrogen-bond acceptors (Lipinski definition) is 6. The van der Waals surface area contributed by atoms with Crippen molar-refractivity contribution < 1.29 is 19.3 Å². The summed E-state index contributed by atoms with van der Waals surface area (Å²) in [5, 5.41) is 10.7. The number of amides is 1. The molecule has 0 radical (unpaired) electrons. The van der Waals surface area contributed by atoms with E-state index < -0.39 is 16.9 Å². The molecule has 1 aliphatic heterocycles. The van der Waals surface area contributed by atoms with Crippen molar-refractivity contribution in [3.63, 3.8) is 0 Å². The van der Waals surface area contributed by atoms with Gasteiger partial charge in [0.25, 0.3) is 5.69 Å². The lowest BCUT2D eigenvalue weighted by Gasteiger charge is -2.23. The molecule has 0 aliphatic carbocycles. The number of nitro groups is 1. The van der Waals surface area contributed by atoms with Crippen LogP contribution in [0.25, 0.3) is 0 Å². The summed E-state index contributed by atoms with van der Waals surface area (Å²) >= 11 is 0. The minimum atomic E-state index is -0.872. The smallest absolute Gasteiger partial charge is 0.321 e. The molecule has 0 saturated carbocycles. The van der Waals surface area contributed by atoms with E-state index in [2.05, 4.69) is 5.48 Å². The van der Waals surface area contributed by atoms with E-state index in [1.165, 1.54) is 31.2 Å². The number of nitrogens with one attached hydrogen (secondary N) is 1. The van der Waals surface area contributed by atoms with Gasteiger partial charge >= 0.3 is 5.97 Å². The number of carbonyl (C=O) groups is 2. The largest absolute Gasteiger partial charge is 0.370 e. The van der Waals surface area contributed by atoms with Gasteiger partial charge in [-0.3, -0.25) is 19.7 Å². The van der Waals surface area contributed by atoms with Gasteiger partial charge in [0.2, 0.25) is 5.91 Å². The summed E-state index contributed by atoms with van der Waals surface area (Å²) in [6.45, 7) is 2.54. The molecule has 8 heteroatoms. The third-order valence-electron chi connectivity index (χ3n) is 3.42. The molecule has 0 unspecified atom stereocenters. The molecular formula is C14H17N3O5. The van der Waals surface area contributed by atoms with E-state index in [1.807, 2.05) is 0 Å². The van der Waals surface area contributed by atoms with Gasteiger partial charge in [-0.1, -0.05) is 0 Å². The van der Waals surface area contributed by atoms with Gasteiger partial charge in [0, 0.05) is 32.1 Å². The summed E-state index contributed by atoms with van der Waals surface area (Å²) in [5.41, 5.74) is 2.89. The van der Waals surface area contributed by atoms with Crippen LogP contribution in [0, 0.1) is 10.1 Å². The van der Waals surface area contributed by atoms with Crippen molar-refractivity contribution in [1.82, 2.24) is 10.4 Å². The summed E-state index contributed by atoms with van der Waals surface area (Å²) in [6.07, 6.45) is 1.87. The predicted octanol–water partition coefficient (Wildman–Crippen LogP) is 1.33. The second kappa shape index (κ2) is 6.99. The molecule has 1 aromatic rings. The molecule has 8 nitrogen and oxygen atoms in total. The first kappa shape index (κ1) is 15.9. The van der Waals surface area contributed by atoms with Gasteiger partial charge in [0.1, 0.15) is 6.04 Å². The highest BCUT2D eigenvalue weighted by molar-refractivity contribution is 5.83. The van der Waals surface area contributed by atoms with Crippen molar-refractivity contribution >= 4 is 17.6 Å². The lowest BCUT2D eigenvalue weighted by molar-refractivity contribution is -0.384. The number of benzene rings is 1. The van der Waals surface area contributed by atoms with Crippen LogP contribution in [0.4, 0.5) is 5.69 Å². The summed E-state index contributed by atoms with van der Waals surface area (Å²) in [4.78, 5) is 40.1. The fraction of sp³-hybridized carbons (Fsp3) is 0.429. The van der Waals surface area contributed by atoms with Gasteiger partial charge in [-0.25, -0.2) is 0 Å². The number of rotatable bonds is 5. The Morgan fingerprint density at radius 3 is 2.36 bits per heavy atom. The highest BCUT2D eigenvalue weighted by Crippen LogP contribution is 2.22. The molecule has 1 fully saturated rings. The lowest BCUT2D eigenvalue weighted by Crippen LogP contribution is -2.40. The molecule has 1 atom stereocenters. The minimum absolute atomic E-state index is 0.0661. The van der Waals surface area contributed by atoms with E-state index >= 15 is 0 Å². The first-order valence-electron chi connectivity index (χ1n) is 6.95. The Balaban J connectivity index is 2.20. The average molecular weight is 307 g/mol. The Bertz CT molecular complexity index is 566. The molecule has 1 aromatic carbocycles. The van der Waals surface area contributed by atoms with Crippen LogP contribution in [0.1, 0.15) is 31.4 Å². The van der Waals surface area contributed by atoms with Gasteiger partial charge in [-0.05, 0) is 30.5 Å². The SMILES string of the molecule is CC(=O)ON[C@H](C(=O)N1CCCC1)c1ccc([N+](=O)[O-])cc1. The molecule has 1 heterocycles. The van der Waals surface area contributed by atoms with Crippen LogP contribution >= 0.6 is 0 Å². The monoisotopic (exact) mass is 307 g/mol. The maximum atomic E-state index is 12.5. The summed E-state index contributed by atoms with van der Waals surface area (Å²) in [7, 11) is 0. The predicted molar refractivity (Wildman–Crippen MR) is 76.6 cm³/mol. The van der Waals surface area contributed by atoms with Crippen molar-refractivity contribution in [3.05, 3.63) is 39.9 Å². The van der Waals surface area contributed by atoms with E-state index in [9.17, 15) is 19.7 Å². The van der Waals surface area contributed by atoms with Crippen LogP contribution in [0.3, 0.4) is 0 Å². The van der Waals surface area contributed by atoms with Crippen LogP contribution in [0.2, 0.25) is 0 Å². The van der Waals surface area contributed by atoms with E-state index in [0.29, 0.717) is 18.7 Å². The molecule has 0 aromatic heterocycles. The standard InChI is InChI=1S/C14H17N3O5/c1-10(18)22-15-13(14(19)16-8-2-3-9-16)11-4-6-12(7-5-11)17(20)21/h4-7,13,15H,2-3,8-9H2,1H3/t13-/m0/s1. The zero-order chi connectivity index (χ0) is 16.1. The van der Waals surface area contributed by atoms with Crippen LogP contribution < -0.4 is 5.48 Å². The van der Waals surface area contributed by atoms with Crippen LogP contribution in [-0.2, 0) is 14.4 Å². The summed E-state index contributed by atoms with van der Waals surface area (Å²) in [5.74, 6) is -0.784. The Kier molecular flexibility index (Phi) is 5.05. The molecule has 1 amide bonds. The molecule has 1 aliphatic rings. The zero-order valence-electron chi connectivity index (χ0n) is 12.2. The van der Waals surface area contributed by atoms with E-state index in [4.69, 9.17) is 4.84 Å². The second-order valence-electron chi connectivity index (χ2n) is 5.03. The van der Waals surface area contributed by atoms with Crippen molar-refractivity contribution in [2.45, 2.75) is 25.8 Å². The maximum Gasteiger partial charge on any atom is 0.321 e. The third-order valence-corrected chi connectivity index (χ3v) is 3.42. The topological polar surface area (TPSA) is 102 Å². The Hall–Kier alpha value is -2.48. The molecule has 2 rings (SSSR count). The Morgan fingerprint density at radius 2 is 1.86 bits per heavy atom. The van der Waals surface area contributed by atoms with Crippen LogP contribution in [-0.4, -0.2) is 34.8 Å². The number of carbonyl (C=O) groups excluding carboxylic acids is 2. The van der Waals surface area contributed by atoms with Gasteiger partial charge in [0.05, 0.1) is 4.92 Å². The van der Waals surface area contributed by atoms with Gasteiger partial charge in [-0.2, -0.15) is 0 Å². The normalized spacial score (nSPS) is 15.4. The summed E-state index contributed by atoms with van der Waals surface area (Å²) < 4.78 is 0. The minimum Gasteiger partial charge on any atom is -0.370 e. The third kappa shape index (κ3) is 3.79. The van der Waals surface area contributed by atoms with E-state index in [0.717, 1.165) is 12.8 Å². The molecule has 0 bridgehead atoms. The maximum absolute atomic E-state index is 12.5. The van der Waals surface area contributed by atoms with Gasteiger partial charge < -0.3 is 9.74 Å². The number of hydrogen-bond donors (Lipinski definition) is 1. The zero-order valence-corrected chi connectivity index (χ0v) is 12.2. The highest BCUT2D eigenvalue weighted by Gasteiger charge is 2.29. The average Bonchev–Trinajstić information content (AvgIpc) is 3.01. The van der Waals surface area contributed by atoms with E-state index in [-0.39, 0.29) is 11.6 Å². The molecule has 1 saturated heterocycles. The first-order valence-corrected chi connectivity index (χ1v) is 6.95. The van der Waals surface area contributed by atoms with Crippen molar-refractivity contribution in [2.24, 2.45) is 0 Å².